The average molecular weight is 1940 g/mol. The third-order valence-corrected chi connectivity index (χ3v) is 34.3. The lowest BCUT2D eigenvalue weighted by atomic mass is 9.72. The monoisotopic (exact) mass is 1940 g/mol. The van der Waals surface area contributed by atoms with E-state index in [1.807, 2.05) is 33.1 Å². The third-order valence-electron chi connectivity index (χ3n) is 26.5. The van der Waals surface area contributed by atoms with E-state index in [2.05, 4.69) is 80.6 Å². The van der Waals surface area contributed by atoms with Gasteiger partial charge in [0, 0.05) is 114 Å². The van der Waals surface area contributed by atoms with Crippen molar-refractivity contribution in [2.75, 3.05) is 72.5 Å². The highest BCUT2D eigenvalue weighted by atomic mass is 79.9. The molecule has 4 saturated heterocycles. The van der Waals surface area contributed by atoms with Crippen LogP contribution in [0, 0.1) is 64.7 Å². The molecule has 9 unspecified atom stereocenters. The summed E-state index contributed by atoms with van der Waals surface area (Å²) in [6.45, 7) is 14.1. The average Bonchev–Trinajstić information content (AvgIpc) is 1.58. The number of methoxy groups -OCH3 is 1. The summed E-state index contributed by atoms with van der Waals surface area (Å²) in [4.78, 5) is 97.6. The number of thiazole rings is 3. The molecule has 13 N–H and O–H groups in total. The van der Waals surface area contributed by atoms with Gasteiger partial charge in [-0.25, -0.2) is 82.0 Å². The smallest absolute Gasteiger partial charge is 0.357 e. The van der Waals surface area contributed by atoms with Crippen molar-refractivity contribution >= 4 is 231 Å². The number of piperidine rings is 1. The Bertz CT molecular complexity index is 7090. The Morgan fingerprint density at radius 1 is 0.445 bits per heavy atom. The molecule has 12 atom stereocenters. The summed E-state index contributed by atoms with van der Waals surface area (Å²) in [5.41, 5.74) is 37.0. The maximum absolute atomic E-state index is 14.5. The lowest BCUT2D eigenvalue weighted by Gasteiger charge is -2.36. The van der Waals surface area contributed by atoms with Crippen molar-refractivity contribution in [3.05, 3.63) is 132 Å². The first-order valence-corrected chi connectivity index (χ1v) is 50.0. The molecule has 660 valence electrons. The molecule has 0 radical (unpaired) electrons. The minimum absolute atomic E-state index is 0.00239. The number of carboxylic acid groups (broad SMARTS) is 1. The molecular formula is C86H84BrF4N25O4S8. The molecule has 128 heavy (non-hydrogen) atoms. The lowest BCUT2D eigenvalue weighted by molar-refractivity contribution is 0.0593. The van der Waals surface area contributed by atoms with Gasteiger partial charge in [0.1, 0.15) is 79.2 Å². The number of aromatic amines is 4. The van der Waals surface area contributed by atoms with Gasteiger partial charge in [-0.15, -0.1) is 44.2 Å². The molecule has 2 bridgehead atoms. The number of nitrogens with zero attached hydrogens (tertiary/aromatic N) is 17. The van der Waals surface area contributed by atoms with Gasteiger partial charge >= 0.3 is 11.9 Å². The van der Waals surface area contributed by atoms with Gasteiger partial charge in [0.15, 0.2) is 49.4 Å². The van der Waals surface area contributed by atoms with Crippen LogP contribution in [0.5, 0.6) is 0 Å². The highest BCUT2D eigenvalue weighted by Gasteiger charge is 2.50. The number of esters is 1. The number of rotatable bonds is 18. The van der Waals surface area contributed by atoms with E-state index in [1.54, 1.807) is 70.8 Å². The van der Waals surface area contributed by atoms with Gasteiger partial charge in [0.2, 0.25) is 0 Å². The molecule has 0 amide bonds. The normalized spacial score (nSPS) is 22.5. The highest BCUT2D eigenvalue weighted by molar-refractivity contribution is 9.10. The number of nitrogens with one attached hydrogen (secondary N) is 4. The second-order valence-electron chi connectivity index (χ2n) is 33.8. The van der Waals surface area contributed by atoms with E-state index in [0.717, 1.165) is 226 Å². The number of halogens is 5. The number of aromatic nitrogens is 17. The van der Waals surface area contributed by atoms with Crippen molar-refractivity contribution in [3.63, 3.8) is 0 Å². The van der Waals surface area contributed by atoms with Crippen molar-refractivity contribution in [2.45, 2.75) is 154 Å². The molecule has 16 aromatic rings. The summed E-state index contributed by atoms with van der Waals surface area (Å²) < 4.78 is 66.3. The number of H-pyrrole nitrogens is 4. The first-order valence-electron chi connectivity index (χ1n) is 42.4. The number of nitrogens with two attached hydrogens (primary N) is 4. The first kappa shape index (κ1) is 85.2. The second-order valence-corrected chi connectivity index (χ2v) is 42.9. The van der Waals surface area contributed by atoms with Crippen LogP contribution >= 0.6 is 108 Å². The van der Waals surface area contributed by atoms with Gasteiger partial charge in [-0.1, -0.05) is 39.0 Å². The summed E-state index contributed by atoms with van der Waals surface area (Å²) in [6.07, 6.45) is 8.00. The lowest BCUT2D eigenvalue weighted by Crippen LogP contribution is -2.46. The van der Waals surface area contributed by atoms with Crippen LogP contribution in [0.2, 0.25) is 0 Å². The molecule has 8 fully saturated rings. The molecule has 42 heteroatoms. The van der Waals surface area contributed by atoms with Crippen molar-refractivity contribution in [1.82, 2.24) is 85.0 Å². The van der Waals surface area contributed by atoms with E-state index in [9.17, 15) is 32.3 Å². The van der Waals surface area contributed by atoms with Crippen molar-refractivity contribution < 1.29 is 37.0 Å². The van der Waals surface area contributed by atoms with E-state index in [4.69, 9.17) is 67.5 Å². The number of carbonyl (C=O) groups excluding carboxylic acids is 1. The molecular weight excluding hydrogens is 1860 g/mol. The molecule has 12 aromatic heterocycles. The van der Waals surface area contributed by atoms with E-state index in [-0.39, 0.29) is 58.8 Å². The Kier molecular flexibility index (Phi) is 22.8. The number of benzene rings is 4. The largest absolute Gasteiger partial charge is 0.476 e. The molecule has 16 heterocycles. The number of hydrogen-bond donors (Lipinski definition) is 9. The van der Waals surface area contributed by atoms with Crippen LogP contribution in [0.25, 0.3) is 87.7 Å². The van der Waals surface area contributed by atoms with Gasteiger partial charge in [-0.05, 0) is 233 Å². The van der Waals surface area contributed by atoms with Crippen LogP contribution < -0.4 is 42.5 Å². The Morgan fingerprint density at radius 3 is 1.13 bits per heavy atom. The van der Waals surface area contributed by atoms with E-state index in [1.165, 1.54) is 93.5 Å². The fourth-order valence-electron chi connectivity index (χ4n) is 20.1. The SMILES string of the molecule is CCc1cc(F)cc2c1[nH]c1nc(Sc3nc(Br)cs3)nc(N3CC4CC(N)C4C3)c12.CCc1cc(F)cc2c1[nH]c1nc(Sc3nc(C(=O)O)cs3)nc(N3CC4CC(N)C4C3)c12.CCc1cc(F)cc2c1[nH]c1nc(Sc3nc(C(=O)OC)cs3)nc(N3CC4CC(N)C4C3)c12.CCc1cc(F)cc2c1[nH]c1nc(Sc3nncs3)nc(N3C[C@H]4C[C@@H]3C[C@H]4N)c12. The molecule has 24 rings (SSSR count). The van der Waals surface area contributed by atoms with Crippen molar-refractivity contribution in [1.29, 1.82) is 0 Å². The molecule has 4 aliphatic heterocycles. The van der Waals surface area contributed by atoms with Gasteiger partial charge in [0.05, 0.1) is 50.7 Å². The number of fused-ring (bicyclic) bond motifs is 17. The minimum Gasteiger partial charge on any atom is -0.476 e. The number of anilines is 4. The number of ether oxygens (including phenoxy) is 1. The van der Waals surface area contributed by atoms with Crippen LogP contribution in [0.1, 0.15) is 103 Å². The Morgan fingerprint density at radius 2 is 0.812 bits per heavy atom. The summed E-state index contributed by atoms with van der Waals surface area (Å²) in [6, 6.07) is 13.9. The predicted molar refractivity (Wildman–Crippen MR) is 499 cm³/mol. The standard InChI is InChI=1S/C23H23FN6O2S2.C22H21FN6O2S2.C21H20BrFN6S2.C20H20FN7S2/c1-3-10-4-12(24)6-13-17-19(27-18(10)13)28-22(34-23-26-16(9-33-23)21(31)32-2)29-20(17)30-7-11-5-15(25)14(11)8-30;1-2-9-3-11(23)5-12-16-18(26-17(9)12)27-21(33-22-25-15(8-32-22)20(30)31)28-19(16)29-6-10-4-14(24)13(10)7-29;1-2-9-3-11(23)5-12-16-18(26-17(9)12)27-20(31-21-25-15(22)8-30-21)28-19(16)29-6-10-4-14(24)13(10)7-29;1-2-9-3-11(21)5-13-15-17(24-16(9)13)25-19(30-20-27-23-8-29-20)26-18(15)28-7-10-4-12(28)6-14(10)22/h4,6,9,11,14-15H,3,5,7-8,25H2,1-2H3,(H,27,28,29);3,5,8,10,13-14H,2,4,6-7,24H2,1H3,(H,30,31)(H,26,27,28);3,5,8,10,13-14H,2,4,6-7,24H2,1H3,(H,26,27,28);3,5,8,10,12,14H,2,4,6-7,22H2,1H3,(H,24,25,26)/t;;;10-,12-,14-/m...1/s1. The van der Waals surface area contributed by atoms with Crippen LogP contribution in [-0.4, -0.2) is 185 Å². The van der Waals surface area contributed by atoms with Gasteiger partial charge in [-0.3, -0.25) is 0 Å². The summed E-state index contributed by atoms with van der Waals surface area (Å²) in [5.74, 6) is 4.32. The predicted octanol–water partition coefficient (Wildman–Crippen LogP) is 16.6. The van der Waals surface area contributed by atoms with Crippen LogP contribution in [0.15, 0.2) is 113 Å². The molecule has 4 aromatic carbocycles. The quantitative estimate of drug-likeness (QED) is 0.0219. The number of aryl methyl sites for hydroxylation is 4. The maximum atomic E-state index is 14.5. The van der Waals surface area contributed by atoms with Crippen LogP contribution in [0.4, 0.5) is 40.8 Å². The summed E-state index contributed by atoms with van der Waals surface area (Å²) in [7, 11) is 1.33. The van der Waals surface area contributed by atoms with Gasteiger partial charge in [0.25, 0.3) is 0 Å². The van der Waals surface area contributed by atoms with Crippen LogP contribution in [-0.2, 0) is 30.4 Å². The molecule has 4 saturated carbocycles. The molecule has 0 spiro atoms. The number of carboxylic acids is 1. The topological polar surface area (TPSA) is 411 Å². The van der Waals surface area contributed by atoms with E-state index in [0.29, 0.717) is 101 Å². The molecule has 4 aliphatic carbocycles. The minimum atomic E-state index is -1.07. The van der Waals surface area contributed by atoms with Gasteiger partial charge in [-0.2, -0.15) is 0 Å². The Hall–Kier alpha value is -9.57. The van der Waals surface area contributed by atoms with Gasteiger partial charge < -0.3 is 72.3 Å². The van der Waals surface area contributed by atoms with E-state index >= 15 is 0 Å². The Labute approximate surface area is 769 Å². The highest BCUT2D eigenvalue weighted by Crippen LogP contribution is 2.51. The third kappa shape index (κ3) is 15.7. The Balaban J connectivity index is 0.000000104. The zero-order valence-electron chi connectivity index (χ0n) is 69.4. The number of aromatic carboxylic acids is 1. The zero-order valence-corrected chi connectivity index (χ0v) is 77.5. The number of hydrogen-bond acceptors (Lipinski definition) is 32. The first-order chi connectivity index (χ1) is 61.9. The van der Waals surface area contributed by atoms with Crippen molar-refractivity contribution in [2.24, 2.45) is 64.4 Å². The fraction of sp³-hybridized carbons (Fsp3) is 0.384. The van der Waals surface area contributed by atoms with Crippen LogP contribution in [0.3, 0.4) is 0 Å². The summed E-state index contributed by atoms with van der Waals surface area (Å²) >= 11 is 14.4. The molecule has 29 nitrogen and oxygen atoms in total. The zero-order chi connectivity index (χ0) is 88.1. The number of carbonyl (C=O) groups is 2. The van der Waals surface area contributed by atoms with E-state index < -0.39 is 11.9 Å². The summed E-state index contributed by atoms with van der Waals surface area (Å²) in [5, 5.41) is 31.2. The fourth-order valence-corrected chi connectivity index (χ4v) is 27.0. The molecule has 8 aliphatic rings. The van der Waals surface area contributed by atoms with Crippen molar-refractivity contribution in [3.8, 4) is 0 Å². The maximum Gasteiger partial charge on any atom is 0.357 e. The second kappa shape index (κ2) is 34.3.